The minimum absolute atomic E-state index is 0.0523. The minimum Gasteiger partial charge on any atom is -0.377 e. The Morgan fingerprint density at radius 2 is 2.29 bits per heavy atom. The number of carbonyl (C=O) groups excluding carboxylic acids is 1. The summed E-state index contributed by atoms with van der Waals surface area (Å²) in [5.41, 5.74) is 0.726. The molecule has 7 nitrogen and oxygen atoms in total. The Morgan fingerprint density at radius 1 is 1.46 bits per heavy atom. The number of rotatable bonds is 5. The molecule has 1 saturated heterocycles. The van der Waals surface area contributed by atoms with E-state index in [0.29, 0.717) is 18.3 Å². The molecule has 130 valence electrons. The van der Waals surface area contributed by atoms with Crippen LogP contribution in [0.2, 0.25) is 0 Å². The monoisotopic (exact) mass is 331 g/mol. The van der Waals surface area contributed by atoms with E-state index in [1.807, 2.05) is 27.8 Å². The molecule has 0 unspecified atom stereocenters. The van der Waals surface area contributed by atoms with Gasteiger partial charge in [0.05, 0.1) is 6.04 Å². The molecule has 24 heavy (non-hydrogen) atoms. The number of ether oxygens (including phenoxy) is 1. The van der Waals surface area contributed by atoms with Crippen LogP contribution in [0.1, 0.15) is 67.3 Å². The van der Waals surface area contributed by atoms with Gasteiger partial charge in [-0.2, -0.15) is 5.10 Å². The molecule has 0 bridgehead atoms. The summed E-state index contributed by atoms with van der Waals surface area (Å²) in [7, 11) is 1.62. The molecule has 1 fully saturated rings. The molecule has 3 rings (SSSR count). The largest absolute Gasteiger partial charge is 0.377 e. The SMILES string of the molecule is COCc1nc([C@@H]2CCCCN2C(=O)c2cccn2C(C)C)n[nH]1. The molecule has 7 heteroatoms. The Morgan fingerprint density at radius 3 is 3.04 bits per heavy atom. The van der Waals surface area contributed by atoms with Crippen molar-refractivity contribution in [2.45, 2.75) is 51.8 Å². The number of hydrogen-bond acceptors (Lipinski definition) is 4. The molecule has 0 saturated carbocycles. The van der Waals surface area contributed by atoms with E-state index < -0.39 is 0 Å². The number of aromatic amines is 1. The van der Waals surface area contributed by atoms with Gasteiger partial charge < -0.3 is 14.2 Å². The zero-order valence-corrected chi connectivity index (χ0v) is 14.5. The molecule has 2 aromatic heterocycles. The number of amides is 1. The Hall–Kier alpha value is -2.15. The fraction of sp³-hybridized carbons (Fsp3) is 0.588. The summed E-state index contributed by atoms with van der Waals surface area (Å²) in [4.78, 5) is 19.5. The predicted octanol–water partition coefficient (Wildman–Crippen LogP) is 2.70. The molecule has 2 aromatic rings. The van der Waals surface area contributed by atoms with Crippen LogP contribution in [0.4, 0.5) is 0 Å². The van der Waals surface area contributed by atoms with Gasteiger partial charge in [-0.1, -0.05) is 0 Å². The summed E-state index contributed by atoms with van der Waals surface area (Å²) in [5.74, 6) is 1.42. The van der Waals surface area contributed by atoms with Crippen molar-refractivity contribution < 1.29 is 9.53 Å². The van der Waals surface area contributed by atoms with Crippen molar-refractivity contribution in [1.29, 1.82) is 0 Å². The summed E-state index contributed by atoms with van der Waals surface area (Å²) in [6.07, 6.45) is 4.94. The van der Waals surface area contributed by atoms with Gasteiger partial charge in [-0.15, -0.1) is 0 Å². The first-order chi connectivity index (χ1) is 11.6. The highest BCUT2D eigenvalue weighted by atomic mass is 16.5. The quantitative estimate of drug-likeness (QED) is 0.914. The van der Waals surface area contributed by atoms with E-state index in [9.17, 15) is 4.79 Å². The predicted molar refractivity (Wildman–Crippen MR) is 89.5 cm³/mol. The number of carbonyl (C=O) groups is 1. The fourth-order valence-electron chi connectivity index (χ4n) is 3.28. The van der Waals surface area contributed by atoms with Crippen molar-refractivity contribution in [3.63, 3.8) is 0 Å². The topological polar surface area (TPSA) is 76.0 Å². The lowest BCUT2D eigenvalue weighted by atomic mass is 10.0. The third-order valence-electron chi connectivity index (χ3n) is 4.45. The zero-order valence-electron chi connectivity index (χ0n) is 14.5. The molecule has 0 aromatic carbocycles. The van der Waals surface area contributed by atoms with Crippen LogP contribution < -0.4 is 0 Å². The van der Waals surface area contributed by atoms with Crippen LogP contribution in [0.25, 0.3) is 0 Å². The maximum absolute atomic E-state index is 13.1. The van der Waals surface area contributed by atoms with E-state index in [2.05, 4.69) is 29.0 Å². The van der Waals surface area contributed by atoms with Crippen LogP contribution in [0.3, 0.4) is 0 Å². The van der Waals surface area contributed by atoms with Crippen molar-refractivity contribution >= 4 is 5.91 Å². The molecule has 1 amide bonds. The molecule has 3 heterocycles. The molecule has 1 atom stereocenters. The highest BCUT2D eigenvalue weighted by molar-refractivity contribution is 5.93. The average molecular weight is 331 g/mol. The van der Waals surface area contributed by atoms with Gasteiger partial charge in [-0.3, -0.25) is 9.89 Å². The fourth-order valence-corrected chi connectivity index (χ4v) is 3.28. The Labute approximate surface area is 142 Å². The summed E-state index contributed by atoms with van der Waals surface area (Å²) in [5, 5.41) is 7.21. The normalized spacial score (nSPS) is 18.3. The number of methoxy groups -OCH3 is 1. The highest BCUT2D eigenvalue weighted by Gasteiger charge is 2.32. The third-order valence-corrected chi connectivity index (χ3v) is 4.45. The summed E-state index contributed by atoms with van der Waals surface area (Å²) >= 11 is 0. The molecule has 0 spiro atoms. The standard InChI is InChI=1S/C17H25N5O2/c1-12(2)21-10-6-8-14(21)17(23)22-9-5-4-7-13(22)16-18-15(11-24-3)19-20-16/h6,8,10,12-13H,4-5,7,9,11H2,1-3H3,(H,18,19,20)/t13-/m0/s1. The summed E-state index contributed by atoms with van der Waals surface area (Å²) < 4.78 is 7.10. The van der Waals surface area contributed by atoms with E-state index in [0.717, 1.165) is 31.5 Å². The number of piperidine rings is 1. The third kappa shape index (κ3) is 3.21. The smallest absolute Gasteiger partial charge is 0.271 e. The van der Waals surface area contributed by atoms with Gasteiger partial charge in [-0.25, -0.2) is 4.98 Å². The minimum atomic E-state index is -0.0800. The molecule has 1 aliphatic heterocycles. The number of aromatic nitrogens is 4. The number of H-pyrrole nitrogens is 1. The first kappa shape index (κ1) is 16.7. The molecular weight excluding hydrogens is 306 g/mol. The maximum atomic E-state index is 13.1. The van der Waals surface area contributed by atoms with Crippen LogP contribution in [0.5, 0.6) is 0 Å². The maximum Gasteiger partial charge on any atom is 0.271 e. The first-order valence-electron chi connectivity index (χ1n) is 8.49. The molecule has 0 radical (unpaired) electrons. The van der Waals surface area contributed by atoms with Crippen LogP contribution in [-0.4, -0.2) is 44.2 Å². The van der Waals surface area contributed by atoms with Crippen molar-refractivity contribution in [3.05, 3.63) is 35.7 Å². The van der Waals surface area contributed by atoms with Crippen LogP contribution in [0, 0.1) is 0 Å². The number of hydrogen-bond donors (Lipinski definition) is 1. The zero-order chi connectivity index (χ0) is 17.1. The van der Waals surface area contributed by atoms with Crippen LogP contribution in [-0.2, 0) is 11.3 Å². The first-order valence-corrected chi connectivity index (χ1v) is 8.49. The Bertz CT molecular complexity index is 691. The Kier molecular flexibility index (Phi) is 4.99. The van der Waals surface area contributed by atoms with Crippen LogP contribution in [0.15, 0.2) is 18.3 Å². The van der Waals surface area contributed by atoms with Gasteiger partial charge in [0, 0.05) is 25.9 Å². The lowest BCUT2D eigenvalue weighted by Gasteiger charge is -2.34. The number of nitrogens with zero attached hydrogens (tertiary/aromatic N) is 4. The molecule has 1 aliphatic rings. The van der Waals surface area contributed by atoms with Gasteiger partial charge in [0.1, 0.15) is 12.3 Å². The molecular formula is C17H25N5O2. The highest BCUT2D eigenvalue weighted by Crippen LogP contribution is 2.30. The Balaban J connectivity index is 1.86. The van der Waals surface area contributed by atoms with E-state index in [1.165, 1.54) is 0 Å². The summed E-state index contributed by atoms with van der Waals surface area (Å²) in [6.45, 7) is 5.29. The second-order valence-electron chi connectivity index (χ2n) is 6.48. The average Bonchev–Trinajstić information content (AvgIpc) is 3.24. The van der Waals surface area contributed by atoms with Crippen molar-refractivity contribution in [1.82, 2.24) is 24.6 Å². The van der Waals surface area contributed by atoms with E-state index in [1.54, 1.807) is 7.11 Å². The van der Waals surface area contributed by atoms with Gasteiger partial charge in [0.25, 0.3) is 5.91 Å². The van der Waals surface area contributed by atoms with Gasteiger partial charge in [-0.05, 0) is 45.2 Å². The van der Waals surface area contributed by atoms with Gasteiger partial charge in [0.2, 0.25) is 0 Å². The second kappa shape index (κ2) is 7.17. The summed E-state index contributed by atoms with van der Waals surface area (Å²) in [6, 6.07) is 3.99. The lowest BCUT2D eigenvalue weighted by Crippen LogP contribution is -2.40. The van der Waals surface area contributed by atoms with E-state index in [4.69, 9.17) is 4.74 Å². The molecule has 1 N–H and O–H groups in total. The van der Waals surface area contributed by atoms with Gasteiger partial charge >= 0.3 is 0 Å². The number of nitrogens with one attached hydrogen (secondary N) is 1. The second-order valence-corrected chi connectivity index (χ2v) is 6.48. The van der Waals surface area contributed by atoms with Crippen LogP contribution >= 0.6 is 0 Å². The lowest BCUT2D eigenvalue weighted by molar-refractivity contribution is 0.0587. The van der Waals surface area contributed by atoms with E-state index >= 15 is 0 Å². The van der Waals surface area contributed by atoms with Crippen molar-refractivity contribution in [3.8, 4) is 0 Å². The van der Waals surface area contributed by atoms with E-state index in [-0.39, 0.29) is 18.0 Å². The molecule has 0 aliphatic carbocycles. The number of likely N-dealkylation sites (tertiary alicyclic amines) is 1. The van der Waals surface area contributed by atoms with Crippen molar-refractivity contribution in [2.24, 2.45) is 0 Å². The van der Waals surface area contributed by atoms with Gasteiger partial charge in [0.15, 0.2) is 11.6 Å². The van der Waals surface area contributed by atoms with Crippen molar-refractivity contribution in [2.75, 3.05) is 13.7 Å².